The number of nitrogens with one attached hydrogen (secondary N) is 1. The molecule has 5 rings (SSSR count). The second-order valence-corrected chi connectivity index (χ2v) is 7.44. The fraction of sp³-hybridized carbons (Fsp3) is 0.160. The summed E-state index contributed by atoms with van der Waals surface area (Å²) >= 11 is 0. The van der Waals surface area contributed by atoms with Crippen molar-refractivity contribution in [1.82, 2.24) is 20.3 Å². The van der Waals surface area contributed by atoms with Crippen LogP contribution in [0.25, 0.3) is 33.7 Å². The Morgan fingerprint density at radius 2 is 1.59 bits per heavy atom. The van der Waals surface area contributed by atoms with Crippen molar-refractivity contribution in [2.45, 2.75) is 6.61 Å². The largest absolute Gasteiger partial charge is 0.493 e. The zero-order valence-corrected chi connectivity index (χ0v) is 18.9. The first-order valence-corrected chi connectivity index (χ1v) is 10.5. The molecule has 2 aromatic heterocycles. The van der Waals surface area contributed by atoms with Crippen molar-refractivity contribution < 1.29 is 23.5 Å². The standard InChI is InChI=1S/C25H22N4O5/c1-30-21-11-19(12-22(31-2)23(21)32-3)33-14-15-4-6-16(7-5-15)24-27-25(34-29-24)17-8-9-20-18(10-17)13-26-28-20/h4-13H,14H2,1-3H3,(H,26,28). The normalized spacial score (nSPS) is 10.9. The number of methoxy groups -OCH3 is 3. The summed E-state index contributed by atoms with van der Waals surface area (Å²) < 4.78 is 27.5. The number of aromatic nitrogens is 4. The number of aromatic amines is 1. The van der Waals surface area contributed by atoms with E-state index in [-0.39, 0.29) is 0 Å². The highest BCUT2D eigenvalue weighted by Crippen LogP contribution is 2.41. The highest BCUT2D eigenvalue weighted by Gasteiger charge is 2.15. The lowest BCUT2D eigenvalue weighted by Gasteiger charge is -2.14. The van der Waals surface area contributed by atoms with Gasteiger partial charge in [-0.05, 0) is 23.8 Å². The van der Waals surface area contributed by atoms with E-state index < -0.39 is 0 Å². The summed E-state index contributed by atoms with van der Waals surface area (Å²) in [6.07, 6.45) is 1.76. The van der Waals surface area contributed by atoms with Crippen molar-refractivity contribution in [1.29, 1.82) is 0 Å². The second-order valence-electron chi connectivity index (χ2n) is 7.44. The van der Waals surface area contributed by atoms with Crippen LogP contribution in [0.2, 0.25) is 0 Å². The third kappa shape index (κ3) is 4.11. The molecule has 0 fully saturated rings. The Bertz CT molecular complexity index is 1400. The fourth-order valence-electron chi connectivity index (χ4n) is 3.59. The van der Waals surface area contributed by atoms with Crippen LogP contribution in [0.4, 0.5) is 0 Å². The third-order valence-electron chi connectivity index (χ3n) is 5.37. The maximum atomic E-state index is 5.94. The lowest BCUT2D eigenvalue weighted by molar-refractivity contribution is 0.291. The molecule has 0 amide bonds. The van der Waals surface area contributed by atoms with E-state index in [1.165, 1.54) is 0 Å². The average molecular weight is 458 g/mol. The summed E-state index contributed by atoms with van der Waals surface area (Å²) in [5.41, 5.74) is 3.61. The van der Waals surface area contributed by atoms with Gasteiger partial charge in [0, 0.05) is 28.6 Å². The molecule has 0 saturated carbocycles. The van der Waals surface area contributed by atoms with Gasteiger partial charge in [-0.1, -0.05) is 29.4 Å². The molecule has 0 aliphatic carbocycles. The van der Waals surface area contributed by atoms with Gasteiger partial charge >= 0.3 is 0 Å². The van der Waals surface area contributed by atoms with Gasteiger partial charge in [0.1, 0.15) is 12.4 Å². The summed E-state index contributed by atoms with van der Waals surface area (Å²) in [4.78, 5) is 4.54. The molecule has 3 aromatic carbocycles. The monoisotopic (exact) mass is 458 g/mol. The van der Waals surface area contributed by atoms with E-state index in [4.69, 9.17) is 23.5 Å². The van der Waals surface area contributed by atoms with Crippen molar-refractivity contribution in [3.63, 3.8) is 0 Å². The molecular weight excluding hydrogens is 436 g/mol. The van der Waals surface area contributed by atoms with Crippen molar-refractivity contribution in [2.75, 3.05) is 21.3 Å². The van der Waals surface area contributed by atoms with Crippen LogP contribution < -0.4 is 18.9 Å². The van der Waals surface area contributed by atoms with Gasteiger partial charge in [0.05, 0.1) is 33.0 Å². The molecule has 0 aliphatic heterocycles. The third-order valence-corrected chi connectivity index (χ3v) is 5.37. The highest BCUT2D eigenvalue weighted by molar-refractivity contribution is 5.82. The molecule has 1 N–H and O–H groups in total. The van der Waals surface area contributed by atoms with Crippen LogP contribution in [0.15, 0.2) is 65.3 Å². The summed E-state index contributed by atoms with van der Waals surface area (Å²) in [6.45, 7) is 0.362. The van der Waals surface area contributed by atoms with Gasteiger partial charge in [0.2, 0.25) is 11.6 Å². The maximum Gasteiger partial charge on any atom is 0.258 e. The summed E-state index contributed by atoms with van der Waals surface area (Å²) in [6, 6.07) is 17.1. The summed E-state index contributed by atoms with van der Waals surface area (Å²) in [5, 5.41) is 12.1. The van der Waals surface area contributed by atoms with Crippen LogP contribution in [0.1, 0.15) is 5.56 Å². The van der Waals surface area contributed by atoms with E-state index in [0.717, 1.165) is 27.6 Å². The molecule has 5 aromatic rings. The van der Waals surface area contributed by atoms with Crippen LogP contribution in [-0.2, 0) is 6.61 Å². The van der Waals surface area contributed by atoms with Gasteiger partial charge < -0.3 is 23.5 Å². The van der Waals surface area contributed by atoms with Crippen molar-refractivity contribution in [3.05, 3.63) is 66.4 Å². The molecule has 0 bridgehead atoms. The van der Waals surface area contributed by atoms with Crippen LogP contribution in [0.3, 0.4) is 0 Å². The number of H-pyrrole nitrogens is 1. The van der Waals surface area contributed by atoms with Gasteiger partial charge in [-0.3, -0.25) is 5.10 Å². The first-order valence-electron chi connectivity index (χ1n) is 10.5. The minimum absolute atomic E-state index is 0.362. The van der Waals surface area contributed by atoms with E-state index in [0.29, 0.717) is 41.3 Å². The van der Waals surface area contributed by atoms with Gasteiger partial charge in [-0.15, -0.1) is 0 Å². The predicted molar refractivity (Wildman–Crippen MR) is 125 cm³/mol. The van der Waals surface area contributed by atoms with Crippen molar-refractivity contribution in [3.8, 4) is 45.8 Å². The average Bonchev–Trinajstić information content (AvgIpc) is 3.56. The molecule has 9 nitrogen and oxygen atoms in total. The lowest BCUT2D eigenvalue weighted by atomic mass is 10.1. The van der Waals surface area contributed by atoms with Gasteiger partial charge in [-0.2, -0.15) is 10.1 Å². The highest BCUT2D eigenvalue weighted by atomic mass is 16.5. The van der Waals surface area contributed by atoms with Crippen LogP contribution in [-0.4, -0.2) is 41.7 Å². The van der Waals surface area contributed by atoms with E-state index in [1.807, 2.05) is 42.5 Å². The quantitative estimate of drug-likeness (QED) is 0.351. The molecular formula is C25H22N4O5. The van der Waals surface area contributed by atoms with Crippen LogP contribution in [0, 0.1) is 0 Å². The molecule has 172 valence electrons. The first-order chi connectivity index (χ1) is 16.7. The lowest BCUT2D eigenvalue weighted by Crippen LogP contribution is -1.99. The van der Waals surface area contributed by atoms with E-state index in [9.17, 15) is 0 Å². The van der Waals surface area contributed by atoms with E-state index >= 15 is 0 Å². The Labute approximate surface area is 195 Å². The minimum Gasteiger partial charge on any atom is -0.493 e. The van der Waals surface area contributed by atoms with E-state index in [1.54, 1.807) is 39.7 Å². The SMILES string of the molecule is COc1cc(OCc2ccc(-c3noc(-c4ccc5[nH]ncc5c4)n3)cc2)cc(OC)c1OC. The molecule has 0 spiro atoms. The van der Waals surface area contributed by atoms with Gasteiger partial charge in [0.25, 0.3) is 5.89 Å². The molecule has 0 aliphatic rings. The molecule has 2 heterocycles. The Balaban J connectivity index is 1.29. The molecule has 9 heteroatoms. The zero-order valence-electron chi connectivity index (χ0n) is 18.9. The van der Waals surface area contributed by atoms with Crippen molar-refractivity contribution >= 4 is 10.9 Å². The maximum absolute atomic E-state index is 5.94. The number of ether oxygens (including phenoxy) is 4. The van der Waals surface area contributed by atoms with Gasteiger partial charge in [-0.25, -0.2) is 0 Å². The number of hydrogen-bond acceptors (Lipinski definition) is 8. The molecule has 0 unspecified atom stereocenters. The Morgan fingerprint density at radius 3 is 2.29 bits per heavy atom. The van der Waals surface area contributed by atoms with Gasteiger partial charge in [0.15, 0.2) is 11.5 Å². The van der Waals surface area contributed by atoms with E-state index in [2.05, 4.69) is 20.3 Å². The Kier molecular flexibility index (Phi) is 5.73. The fourth-order valence-corrected chi connectivity index (χ4v) is 3.59. The number of benzene rings is 3. The number of fused-ring (bicyclic) bond motifs is 1. The minimum atomic E-state index is 0.362. The second kappa shape index (κ2) is 9.14. The molecule has 34 heavy (non-hydrogen) atoms. The van der Waals surface area contributed by atoms with Crippen LogP contribution in [0.5, 0.6) is 23.0 Å². The first kappa shape index (κ1) is 21.3. The van der Waals surface area contributed by atoms with Crippen LogP contribution >= 0.6 is 0 Å². The summed E-state index contributed by atoms with van der Waals surface area (Å²) in [5.74, 6) is 3.16. The Hall–Kier alpha value is -4.53. The predicted octanol–water partition coefficient (Wildman–Crippen LogP) is 4.88. The molecule has 0 radical (unpaired) electrons. The number of nitrogens with zero attached hydrogens (tertiary/aromatic N) is 3. The van der Waals surface area contributed by atoms with Crippen molar-refractivity contribution in [2.24, 2.45) is 0 Å². The smallest absolute Gasteiger partial charge is 0.258 e. The number of rotatable bonds is 8. The number of hydrogen-bond donors (Lipinski definition) is 1. The molecule has 0 atom stereocenters. The Morgan fingerprint density at radius 1 is 0.853 bits per heavy atom. The topological polar surface area (TPSA) is 105 Å². The summed E-state index contributed by atoms with van der Waals surface area (Å²) in [7, 11) is 4.70. The molecule has 0 saturated heterocycles. The zero-order chi connectivity index (χ0) is 23.5.